The standard InChI is InChI=1S/C27H30N6O2/c1-3-24(34)32-17-19(18-32)10-15-33-25(35)9-6-22-16-28-27(30-26(22)33)29-23-7-4-20(5-8-23)21-11-13-31(2)14-12-21/h3-9,11,16,19H,1,10,12-15,17-18H2,2H3,(H,28,29,30). The number of likely N-dealkylation sites (tertiary alicyclic amines) is 1. The SMILES string of the molecule is C=CC(=O)N1CC(CCn2c(=O)ccc3cnc(Nc4ccc(C5=CCN(C)CC5)cc4)nc32)C1. The third kappa shape index (κ3) is 5.02. The highest BCUT2D eigenvalue weighted by molar-refractivity contribution is 5.87. The maximum absolute atomic E-state index is 12.6. The Kier molecular flexibility index (Phi) is 6.46. The fourth-order valence-corrected chi connectivity index (χ4v) is 4.65. The van der Waals surface area contributed by atoms with Gasteiger partial charge in [0.15, 0.2) is 0 Å². The van der Waals surface area contributed by atoms with Crippen molar-refractivity contribution in [2.24, 2.45) is 5.92 Å². The van der Waals surface area contributed by atoms with Gasteiger partial charge in [0.2, 0.25) is 11.9 Å². The number of nitrogens with zero attached hydrogens (tertiary/aromatic N) is 5. The molecule has 0 radical (unpaired) electrons. The van der Waals surface area contributed by atoms with Crippen molar-refractivity contribution in [3.8, 4) is 0 Å². The summed E-state index contributed by atoms with van der Waals surface area (Å²) in [6, 6.07) is 11.6. The van der Waals surface area contributed by atoms with E-state index in [1.165, 1.54) is 17.2 Å². The van der Waals surface area contributed by atoms with Crippen LogP contribution in [-0.4, -0.2) is 63.5 Å². The molecule has 8 nitrogen and oxygen atoms in total. The Morgan fingerprint density at radius 1 is 1.20 bits per heavy atom. The van der Waals surface area contributed by atoms with Crippen LogP contribution in [0.5, 0.6) is 0 Å². The Morgan fingerprint density at radius 3 is 2.71 bits per heavy atom. The van der Waals surface area contributed by atoms with Crippen LogP contribution in [0.3, 0.4) is 0 Å². The lowest BCUT2D eigenvalue weighted by Crippen LogP contribution is -2.49. The quantitative estimate of drug-likeness (QED) is 0.534. The van der Waals surface area contributed by atoms with Crippen LogP contribution in [0.15, 0.2) is 66.1 Å². The van der Waals surface area contributed by atoms with E-state index in [4.69, 9.17) is 0 Å². The highest BCUT2D eigenvalue weighted by Gasteiger charge is 2.29. The first-order valence-electron chi connectivity index (χ1n) is 12.0. The van der Waals surface area contributed by atoms with Gasteiger partial charge < -0.3 is 15.1 Å². The van der Waals surface area contributed by atoms with Crippen LogP contribution >= 0.6 is 0 Å². The number of pyridine rings is 1. The molecule has 2 aromatic heterocycles. The Bertz CT molecular complexity index is 1340. The van der Waals surface area contributed by atoms with Gasteiger partial charge in [-0.25, -0.2) is 4.98 Å². The average molecular weight is 471 g/mol. The molecule has 8 heteroatoms. The minimum Gasteiger partial charge on any atom is -0.338 e. The summed E-state index contributed by atoms with van der Waals surface area (Å²) >= 11 is 0. The van der Waals surface area contributed by atoms with E-state index in [0.29, 0.717) is 37.1 Å². The van der Waals surface area contributed by atoms with Crippen molar-refractivity contribution in [2.45, 2.75) is 19.4 Å². The summed E-state index contributed by atoms with van der Waals surface area (Å²) in [5, 5.41) is 4.09. The van der Waals surface area contributed by atoms with Crippen molar-refractivity contribution in [3.63, 3.8) is 0 Å². The number of amides is 1. The molecule has 1 saturated heterocycles. The summed E-state index contributed by atoms with van der Waals surface area (Å²) in [7, 11) is 2.14. The lowest BCUT2D eigenvalue weighted by molar-refractivity contribution is -0.132. The van der Waals surface area contributed by atoms with E-state index in [2.05, 4.69) is 52.0 Å². The van der Waals surface area contributed by atoms with Crippen molar-refractivity contribution < 1.29 is 4.79 Å². The third-order valence-corrected chi connectivity index (χ3v) is 6.85. The monoisotopic (exact) mass is 470 g/mol. The molecule has 4 heterocycles. The van der Waals surface area contributed by atoms with Gasteiger partial charge in [-0.1, -0.05) is 24.8 Å². The smallest absolute Gasteiger partial charge is 0.252 e. The molecule has 0 aliphatic carbocycles. The molecular formula is C27H30N6O2. The van der Waals surface area contributed by atoms with Crippen LogP contribution in [0.25, 0.3) is 16.6 Å². The molecular weight excluding hydrogens is 440 g/mol. The summed E-state index contributed by atoms with van der Waals surface area (Å²) in [6.07, 6.45) is 7.23. The number of anilines is 2. The van der Waals surface area contributed by atoms with Gasteiger partial charge in [0.1, 0.15) is 5.65 Å². The molecule has 0 unspecified atom stereocenters. The van der Waals surface area contributed by atoms with E-state index in [1.54, 1.807) is 27.8 Å². The van der Waals surface area contributed by atoms with Crippen molar-refractivity contribution in [1.29, 1.82) is 0 Å². The second-order valence-corrected chi connectivity index (χ2v) is 9.34. The highest BCUT2D eigenvalue weighted by Crippen LogP contribution is 2.25. The van der Waals surface area contributed by atoms with E-state index in [9.17, 15) is 9.59 Å². The molecule has 2 aliphatic rings. The summed E-state index contributed by atoms with van der Waals surface area (Å²) in [4.78, 5) is 37.5. The van der Waals surface area contributed by atoms with E-state index >= 15 is 0 Å². The number of rotatable bonds is 7. The number of nitrogens with one attached hydrogen (secondary N) is 1. The molecule has 3 aromatic rings. The predicted molar refractivity (Wildman–Crippen MR) is 138 cm³/mol. The second kappa shape index (κ2) is 9.84. The Balaban J connectivity index is 1.29. The molecule has 0 atom stereocenters. The highest BCUT2D eigenvalue weighted by atomic mass is 16.2. The molecule has 35 heavy (non-hydrogen) atoms. The van der Waals surface area contributed by atoms with Crippen LogP contribution in [0, 0.1) is 5.92 Å². The van der Waals surface area contributed by atoms with Gasteiger partial charge in [-0.05, 0) is 61.2 Å². The fourth-order valence-electron chi connectivity index (χ4n) is 4.65. The van der Waals surface area contributed by atoms with Crippen LogP contribution < -0.4 is 10.9 Å². The zero-order valence-corrected chi connectivity index (χ0v) is 20.0. The van der Waals surface area contributed by atoms with Crippen LogP contribution in [-0.2, 0) is 11.3 Å². The van der Waals surface area contributed by atoms with Gasteiger partial charge in [-0.15, -0.1) is 0 Å². The van der Waals surface area contributed by atoms with Gasteiger partial charge in [0, 0.05) is 56.1 Å². The van der Waals surface area contributed by atoms with E-state index in [-0.39, 0.29) is 11.5 Å². The largest absolute Gasteiger partial charge is 0.338 e. The minimum atomic E-state index is -0.0868. The molecule has 1 fully saturated rings. The fraction of sp³-hybridized carbons (Fsp3) is 0.333. The molecule has 1 aromatic carbocycles. The first-order valence-corrected chi connectivity index (χ1v) is 12.0. The van der Waals surface area contributed by atoms with Gasteiger partial charge >= 0.3 is 0 Å². The molecule has 2 aliphatic heterocycles. The van der Waals surface area contributed by atoms with E-state index in [0.717, 1.165) is 37.0 Å². The molecule has 180 valence electrons. The van der Waals surface area contributed by atoms with Crippen LogP contribution in [0.1, 0.15) is 18.4 Å². The number of hydrogen-bond donors (Lipinski definition) is 1. The minimum absolute atomic E-state index is 0.0388. The molecule has 1 N–H and O–H groups in total. The van der Waals surface area contributed by atoms with Gasteiger partial charge in [-0.3, -0.25) is 14.2 Å². The van der Waals surface area contributed by atoms with Crippen molar-refractivity contribution in [3.05, 3.63) is 77.2 Å². The zero-order valence-electron chi connectivity index (χ0n) is 20.0. The topological polar surface area (TPSA) is 83.4 Å². The lowest BCUT2D eigenvalue weighted by Gasteiger charge is -2.38. The normalized spacial score (nSPS) is 16.6. The number of likely N-dealkylation sites (N-methyl/N-ethyl adjacent to an activating group) is 1. The first kappa shape index (κ1) is 23.0. The van der Waals surface area contributed by atoms with Gasteiger partial charge in [-0.2, -0.15) is 4.98 Å². The molecule has 5 rings (SSSR count). The zero-order chi connectivity index (χ0) is 24.4. The molecule has 0 spiro atoms. The van der Waals surface area contributed by atoms with Crippen molar-refractivity contribution in [2.75, 3.05) is 38.5 Å². The number of benzene rings is 1. The number of hydrogen-bond acceptors (Lipinski definition) is 6. The van der Waals surface area contributed by atoms with Crippen molar-refractivity contribution in [1.82, 2.24) is 24.3 Å². The number of fused-ring (bicyclic) bond motifs is 1. The van der Waals surface area contributed by atoms with Crippen LogP contribution in [0.2, 0.25) is 0 Å². The van der Waals surface area contributed by atoms with Crippen molar-refractivity contribution >= 4 is 34.1 Å². The summed E-state index contributed by atoms with van der Waals surface area (Å²) < 4.78 is 1.70. The average Bonchev–Trinajstić information content (AvgIpc) is 2.85. The number of aromatic nitrogens is 3. The maximum atomic E-state index is 12.6. The predicted octanol–water partition coefficient (Wildman–Crippen LogP) is 3.29. The summed E-state index contributed by atoms with van der Waals surface area (Å²) in [6.45, 7) is 7.54. The van der Waals surface area contributed by atoms with E-state index < -0.39 is 0 Å². The number of carbonyl (C=O) groups excluding carboxylic acids is 1. The molecule has 0 saturated carbocycles. The van der Waals surface area contributed by atoms with Gasteiger partial charge in [0.05, 0.1) is 0 Å². The molecule has 0 bridgehead atoms. The molecule has 1 amide bonds. The Hall–Kier alpha value is -3.78. The second-order valence-electron chi connectivity index (χ2n) is 9.34. The van der Waals surface area contributed by atoms with Gasteiger partial charge in [0.25, 0.3) is 5.56 Å². The van der Waals surface area contributed by atoms with Crippen LogP contribution in [0.4, 0.5) is 11.6 Å². The summed E-state index contributed by atoms with van der Waals surface area (Å²) in [5.41, 5.74) is 4.04. The first-order chi connectivity index (χ1) is 17.0. The Morgan fingerprint density at radius 2 is 2.00 bits per heavy atom. The van der Waals surface area contributed by atoms with E-state index in [1.807, 2.05) is 12.1 Å². The number of carbonyl (C=O) groups is 1. The Labute approximate surface area is 204 Å². The summed E-state index contributed by atoms with van der Waals surface area (Å²) in [5.74, 6) is 0.788. The number of aryl methyl sites for hydroxylation is 1. The maximum Gasteiger partial charge on any atom is 0.252 e. The third-order valence-electron chi connectivity index (χ3n) is 6.85. The lowest BCUT2D eigenvalue weighted by atomic mass is 9.96.